The first kappa shape index (κ1) is 12.8. The third-order valence-corrected chi connectivity index (χ3v) is 3.45. The maximum absolute atomic E-state index is 11.9. The molecule has 1 saturated heterocycles. The lowest BCUT2D eigenvalue weighted by Crippen LogP contribution is -2.38. The molecule has 1 aromatic heterocycles. The van der Waals surface area contributed by atoms with Gasteiger partial charge in [0.1, 0.15) is 5.69 Å². The SMILES string of the molecule is CNc1ccc(C(=O)NCC2CCCN2C)nc1. The topological polar surface area (TPSA) is 57.3 Å². The Hall–Kier alpha value is -1.62. The molecule has 5 nitrogen and oxygen atoms in total. The van der Waals surface area contributed by atoms with E-state index in [4.69, 9.17) is 0 Å². The molecule has 1 aliphatic heterocycles. The molecule has 0 aromatic carbocycles. The van der Waals surface area contributed by atoms with E-state index in [1.165, 1.54) is 6.42 Å². The number of rotatable bonds is 4. The van der Waals surface area contributed by atoms with Crippen LogP contribution in [0.4, 0.5) is 5.69 Å². The maximum atomic E-state index is 11.9. The van der Waals surface area contributed by atoms with E-state index in [1.54, 1.807) is 12.3 Å². The molecular weight excluding hydrogens is 228 g/mol. The van der Waals surface area contributed by atoms with Crippen LogP contribution >= 0.6 is 0 Å². The number of carbonyl (C=O) groups excluding carboxylic acids is 1. The van der Waals surface area contributed by atoms with Crippen molar-refractivity contribution in [2.75, 3.05) is 32.5 Å². The van der Waals surface area contributed by atoms with Crippen LogP contribution in [0.3, 0.4) is 0 Å². The fourth-order valence-corrected chi connectivity index (χ4v) is 2.21. The number of nitrogens with zero attached hydrogens (tertiary/aromatic N) is 2. The molecule has 5 heteroatoms. The Morgan fingerprint density at radius 2 is 2.39 bits per heavy atom. The Bertz CT molecular complexity index is 404. The fraction of sp³-hybridized carbons (Fsp3) is 0.538. The Balaban J connectivity index is 1.87. The van der Waals surface area contributed by atoms with Gasteiger partial charge >= 0.3 is 0 Å². The Labute approximate surface area is 108 Å². The van der Waals surface area contributed by atoms with Gasteiger partial charge in [-0.05, 0) is 38.6 Å². The second-order valence-corrected chi connectivity index (χ2v) is 4.67. The number of hydrogen-bond acceptors (Lipinski definition) is 4. The van der Waals surface area contributed by atoms with Crippen molar-refractivity contribution in [2.24, 2.45) is 0 Å². The van der Waals surface area contributed by atoms with Crippen LogP contribution in [-0.2, 0) is 0 Å². The van der Waals surface area contributed by atoms with Gasteiger partial charge in [0.05, 0.1) is 11.9 Å². The number of pyridine rings is 1. The number of likely N-dealkylation sites (N-methyl/N-ethyl adjacent to an activating group) is 1. The standard InChI is InChI=1S/C13H20N4O/c1-14-10-5-6-12(15-8-10)13(18)16-9-11-4-3-7-17(11)2/h5-6,8,11,14H,3-4,7,9H2,1-2H3,(H,16,18). The van der Waals surface area contributed by atoms with E-state index in [0.29, 0.717) is 18.3 Å². The zero-order valence-electron chi connectivity index (χ0n) is 10.9. The van der Waals surface area contributed by atoms with Crippen molar-refractivity contribution in [3.05, 3.63) is 24.0 Å². The third-order valence-electron chi connectivity index (χ3n) is 3.45. The molecule has 2 rings (SSSR count). The molecule has 1 aromatic rings. The molecule has 0 saturated carbocycles. The minimum Gasteiger partial charge on any atom is -0.387 e. The smallest absolute Gasteiger partial charge is 0.269 e. The van der Waals surface area contributed by atoms with Crippen molar-refractivity contribution >= 4 is 11.6 Å². The van der Waals surface area contributed by atoms with Crippen LogP contribution in [0.25, 0.3) is 0 Å². The Kier molecular flexibility index (Phi) is 4.15. The molecule has 0 bridgehead atoms. The van der Waals surface area contributed by atoms with Crippen molar-refractivity contribution < 1.29 is 4.79 Å². The maximum Gasteiger partial charge on any atom is 0.269 e. The van der Waals surface area contributed by atoms with Crippen LogP contribution in [0.15, 0.2) is 18.3 Å². The Morgan fingerprint density at radius 1 is 1.56 bits per heavy atom. The third kappa shape index (κ3) is 2.98. The lowest BCUT2D eigenvalue weighted by atomic mass is 10.2. The molecule has 1 amide bonds. The number of likely N-dealkylation sites (tertiary alicyclic amines) is 1. The summed E-state index contributed by atoms with van der Waals surface area (Å²) < 4.78 is 0. The van der Waals surface area contributed by atoms with Gasteiger partial charge in [-0.3, -0.25) is 4.79 Å². The van der Waals surface area contributed by atoms with Gasteiger partial charge in [0.2, 0.25) is 0 Å². The zero-order valence-corrected chi connectivity index (χ0v) is 10.9. The summed E-state index contributed by atoms with van der Waals surface area (Å²) in [7, 11) is 3.93. The van der Waals surface area contributed by atoms with E-state index in [1.807, 2.05) is 13.1 Å². The first-order chi connectivity index (χ1) is 8.70. The van der Waals surface area contributed by atoms with Gasteiger partial charge in [0.15, 0.2) is 0 Å². The molecule has 1 fully saturated rings. The molecule has 0 aliphatic carbocycles. The largest absolute Gasteiger partial charge is 0.387 e. The summed E-state index contributed by atoms with van der Waals surface area (Å²) in [5.41, 5.74) is 1.37. The van der Waals surface area contributed by atoms with Crippen molar-refractivity contribution in [1.29, 1.82) is 0 Å². The van der Waals surface area contributed by atoms with E-state index in [2.05, 4.69) is 27.6 Å². The quantitative estimate of drug-likeness (QED) is 0.833. The summed E-state index contributed by atoms with van der Waals surface area (Å²) in [5, 5.41) is 5.92. The summed E-state index contributed by atoms with van der Waals surface area (Å²) in [6.07, 6.45) is 4.03. The number of nitrogens with one attached hydrogen (secondary N) is 2. The van der Waals surface area contributed by atoms with Gasteiger partial charge in [-0.25, -0.2) is 4.98 Å². The van der Waals surface area contributed by atoms with Crippen molar-refractivity contribution in [2.45, 2.75) is 18.9 Å². The lowest BCUT2D eigenvalue weighted by molar-refractivity contribution is 0.0938. The van der Waals surface area contributed by atoms with Gasteiger partial charge < -0.3 is 15.5 Å². The van der Waals surface area contributed by atoms with E-state index < -0.39 is 0 Å². The van der Waals surface area contributed by atoms with Gasteiger partial charge in [-0.15, -0.1) is 0 Å². The number of anilines is 1. The average Bonchev–Trinajstić information content (AvgIpc) is 2.81. The first-order valence-electron chi connectivity index (χ1n) is 6.33. The van der Waals surface area contributed by atoms with Gasteiger partial charge in [0.25, 0.3) is 5.91 Å². The predicted octanol–water partition coefficient (Wildman–Crippen LogP) is 0.947. The molecule has 2 heterocycles. The summed E-state index contributed by atoms with van der Waals surface area (Å²) in [6, 6.07) is 4.05. The number of amides is 1. The second kappa shape index (κ2) is 5.82. The molecule has 18 heavy (non-hydrogen) atoms. The second-order valence-electron chi connectivity index (χ2n) is 4.67. The number of aromatic nitrogens is 1. The molecule has 0 radical (unpaired) electrons. The van der Waals surface area contributed by atoms with Gasteiger partial charge in [0, 0.05) is 19.6 Å². The molecule has 2 N–H and O–H groups in total. The van der Waals surface area contributed by atoms with E-state index >= 15 is 0 Å². The van der Waals surface area contributed by atoms with Crippen molar-refractivity contribution in [1.82, 2.24) is 15.2 Å². The molecule has 0 spiro atoms. The van der Waals surface area contributed by atoms with Gasteiger partial charge in [-0.2, -0.15) is 0 Å². The van der Waals surface area contributed by atoms with Crippen LogP contribution in [0.5, 0.6) is 0 Å². The zero-order chi connectivity index (χ0) is 13.0. The van der Waals surface area contributed by atoms with E-state index in [9.17, 15) is 4.79 Å². The normalized spacial score (nSPS) is 19.8. The summed E-state index contributed by atoms with van der Waals surface area (Å²) >= 11 is 0. The lowest BCUT2D eigenvalue weighted by Gasteiger charge is -2.19. The Morgan fingerprint density at radius 3 is 2.94 bits per heavy atom. The number of carbonyl (C=O) groups is 1. The molecule has 1 atom stereocenters. The minimum absolute atomic E-state index is 0.0991. The highest BCUT2D eigenvalue weighted by Gasteiger charge is 2.21. The van der Waals surface area contributed by atoms with Crippen LogP contribution < -0.4 is 10.6 Å². The van der Waals surface area contributed by atoms with E-state index in [0.717, 1.165) is 18.7 Å². The summed E-state index contributed by atoms with van der Waals surface area (Å²) in [5.74, 6) is -0.0991. The molecular formula is C13H20N4O. The van der Waals surface area contributed by atoms with Crippen molar-refractivity contribution in [3.63, 3.8) is 0 Å². The van der Waals surface area contributed by atoms with Crippen LogP contribution in [0.2, 0.25) is 0 Å². The highest BCUT2D eigenvalue weighted by Crippen LogP contribution is 2.13. The number of hydrogen-bond donors (Lipinski definition) is 2. The van der Waals surface area contributed by atoms with Crippen LogP contribution in [0, 0.1) is 0 Å². The van der Waals surface area contributed by atoms with Crippen molar-refractivity contribution in [3.8, 4) is 0 Å². The highest BCUT2D eigenvalue weighted by atomic mass is 16.1. The molecule has 98 valence electrons. The van der Waals surface area contributed by atoms with E-state index in [-0.39, 0.29) is 5.91 Å². The predicted molar refractivity (Wildman–Crippen MR) is 71.8 cm³/mol. The molecule has 1 unspecified atom stereocenters. The first-order valence-corrected chi connectivity index (χ1v) is 6.33. The average molecular weight is 248 g/mol. The van der Waals surface area contributed by atoms with Crippen LogP contribution in [-0.4, -0.2) is 49.0 Å². The monoisotopic (exact) mass is 248 g/mol. The van der Waals surface area contributed by atoms with Crippen LogP contribution in [0.1, 0.15) is 23.3 Å². The molecule has 1 aliphatic rings. The highest BCUT2D eigenvalue weighted by molar-refractivity contribution is 5.92. The van der Waals surface area contributed by atoms with Gasteiger partial charge in [-0.1, -0.05) is 0 Å². The summed E-state index contributed by atoms with van der Waals surface area (Å²) in [4.78, 5) is 18.3. The fourth-order valence-electron chi connectivity index (χ4n) is 2.21. The minimum atomic E-state index is -0.0991. The summed E-state index contributed by atoms with van der Waals surface area (Å²) in [6.45, 7) is 1.82.